The number of carbonyl (C=O) groups is 1. The molecule has 4 heteroatoms. The zero-order valence-corrected chi connectivity index (χ0v) is 14.8. The van der Waals surface area contributed by atoms with Crippen molar-refractivity contribution in [3.8, 4) is 11.5 Å². The monoisotopic (exact) mass is 330 g/mol. The standard InChI is InChI=1S/C20H26O4/c1-10(2)11-8-12-13-9-14-19(3,4)6-5-7-20(14,18(23)24-13)15(12)17(22)16(11)21/h8,10,13-14,21-22H,5-7,9H2,1-4H3/t13-,14?,20+/m0/s1. The number of hydrogen-bond donors (Lipinski definition) is 2. The molecule has 4 aliphatic rings. The molecule has 1 saturated carbocycles. The summed E-state index contributed by atoms with van der Waals surface area (Å²) in [5.41, 5.74) is 1.49. The summed E-state index contributed by atoms with van der Waals surface area (Å²) >= 11 is 0. The van der Waals surface area contributed by atoms with Gasteiger partial charge in [-0.25, -0.2) is 0 Å². The third-order valence-electron chi connectivity index (χ3n) is 6.74. The fraction of sp³-hybridized carbons (Fsp3) is 0.650. The maximum atomic E-state index is 12.9. The fourth-order valence-electron chi connectivity index (χ4n) is 5.55. The van der Waals surface area contributed by atoms with Gasteiger partial charge in [0.15, 0.2) is 11.5 Å². The van der Waals surface area contributed by atoms with Gasteiger partial charge >= 0.3 is 5.97 Å². The molecule has 24 heavy (non-hydrogen) atoms. The van der Waals surface area contributed by atoms with E-state index in [4.69, 9.17) is 4.74 Å². The third-order valence-corrected chi connectivity index (χ3v) is 6.74. The Morgan fingerprint density at radius 2 is 1.92 bits per heavy atom. The van der Waals surface area contributed by atoms with Gasteiger partial charge in [0.25, 0.3) is 0 Å². The normalized spacial score (nSPS) is 33.1. The van der Waals surface area contributed by atoms with Gasteiger partial charge in [0.2, 0.25) is 0 Å². The molecule has 1 spiro atoms. The highest BCUT2D eigenvalue weighted by Gasteiger charge is 2.65. The first-order chi connectivity index (χ1) is 11.2. The highest BCUT2D eigenvalue weighted by Crippen LogP contribution is 2.66. The smallest absolute Gasteiger partial charge is 0.317 e. The van der Waals surface area contributed by atoms with Crippen LogP contribution in [0, 0.1) is 11.3 Å². The summed E-state index contributed by atoms with van der Waals surface area (Å²) in [7, 11) is 0. The zero-order valence-electron chi connectivity index (χ0n) is 14.8. The summed E-state index contributed by atoms with van der Waals surface area (Å²) in [6.45, 7) is 8.40. The second-order valence-electron chi connectivity index (χ2n) is 8.78. The van der Waals surface area contributed by atoms with Gasteiger partial charge in [0, 0.05) is 16.7 Å². The molecule has 0 amide bonds. The molecule has 1 saturated heterocycles. The lowest BCUT2D eigenvalue weighted by atomic mass is 9.47. The highest BCUT2D eigenvalue weighted by atomic mass is 16.5. The number of ether oxygens (including phenoxy) is 1. The van der Waals surface area contributed by atoms with Crippen molar-refractivity contribution in [1.82, 2.24) is 0 Å². The predicted molar refractivity (Wildman–Crippen MR) is 90.1 cm³/mol. The van der Waals surface area contributed by atoms with Crippen LogP contribution >= 0.6 is 0 Å². The summed E-state index contributed by atoms with van der Waals surface area (Å²) < 4.78 is 5.76. The Bertz CT molecular complexity index is 734. The number of phenols is 2. The van der Waals surface area contributed by atoms with Gasteiger partial charge in [0.1, 0.15) is 11.5 Å². The van der Waals surface area contributed by atoms with E-state index in [1.807, 2.05) is 19.9 Å². The Morgan fingerprint density at radius 1 is 1.21 bits per heavy atom. The van der Waals surface area contributed by atoms with Gasteiger partial charge in [0.05, 0.1) is 0 Å². The molecular formula is C20H26O4. The molecule has 0 aromatic heterocycles. The van der Waals surface area contributed by atoms with E-state index in [-0.39, 0.29) is 40.8 Å². The van der Waals surface area contributed by atoms with Crippen LogP contribution in [-0.2, 0) is 14.9 Å². The summed E-state index contributed by atoms with van der Waals surface area (Å²) in [5.74, 6) is -0.141. The Labute approximate surface area is 142 Å². The van der Waals surface area contributed by atoms with Crippen molar-refractivity contribution in [3.63, 3.8) is 0 Å². The van der Waals surface area contributed by atoms with Gasteiger partial charge in [-0.1, -0.05) is 34.1 Å². The van der Waals surface area contributed by atoms with E-state index in [0.29, 0.717) is 12.0 Å². The van der Waals surface area contributed by atoms with Crippen LogP contribution in [0.3, 0.4) is 0 Å². The summed E-state index contributed by atoms with van der Waals surface area (Å²) in [4.78, 5) is 12.9. The van der Waals surface area contributed by atoms with Crippen LogP contribution in [0.1, 0.15) is 82.1 Å². The first-order valence-corrected chi connectivity index (χ1v) is 9.00. The third kappa shape index (κ3) is 1.72. The lowest BCUT2D eigenvalue weighted by Crippen LogP contribution is -2.59. The maximum absolute atomic E-state index is 12.9. The maximum Gasteiger partial charge on any atom is 0.317 e. The van der Waals surface area contributed by atoms with Crippen molar-refractivity contribution >= 4 is 5.97 Å². The van der Waals surface area contributed by atoms with Crippen molar-refractivity contribution in [1.29, 1.82) is 0 Å². The van der Waals surface area contributed by atoms with Gasteiger partial charge in [-0.2, -0.15) is 0 Å². The number of fused-ring (bicyclic) bond motifs is 1. The molecule has 2 fully saturated rings. The number of hydrogen-bond acceptors (Lipinski definition) is 4. The molecule has 2 heterocycles. The summed E-state index contributed by atoms with van der Waals surface area (Å²) in [6.07, 6.45) is 3.20. The Hall–Kier alpha value is -1.71. The molecule has 0 radical (unpaired) electrons. The van der Waals surface area contributed by atoms with Crippen molar-refractivity contribution in [2.45, 2.75) is 70.8 Å². The minimum Gasteiger partial charge on any atom is -0.504 e. The number of rotatable bonds is 1. The topological polar surface area (TPSA) is 66.8 Å². The Morgan fingerprint density at radius 3 is 2.58 bits per heavy atom. The van der Waals surface area contributed by atoms with E-state index in [0.717, 1.165) is 30.4 Å². The van der Waals surface area contributed by atoms with E-state index >= 15 is 0 Å². The van der Waals surface area contributed by atoms with Crippen LogP contribution in [0.4, 0.5) is 0 Å². The van der Waals surface area contributed by atoms with Crippen LogP contribution in [0.5, 0.6) is 11.5 Å². The molecule has 1 unspecified atom stereocenters. The number of aromatic hydroxyl groups is 2. The summed E-state index contributed by atoms with van der Waals surface area (Å²) in [6, 6.07) is 1.95. The van der Waals surface area contributed by atoms with Crippen LogP contribution in [-0.4, -0.2) is 16.2 Å². The average molecular weight is 330 g/mol. The van der Waals surface area contributed by atoms with Crippen LogP contribution in [0.2, 0.25) is 0 Å². The molecule has 2 aliphatic heterocycles. The van der Waals surface area contributed by atoms with E-state index in [2.05, 4.69) is 13.8 Å². The molecule has 2 aliphatic carbocycles. The first-order valence-electron chi connectivity index (χ1n) is 9.00. The average Bonchev–Trinajstić information content (AvgIpc) is 2.50. The molecule has 2 N–H and O–H groups in total. The van der Waals surface area contributed by atoms with Gasteiger partial charge in [-0.05, 0) is 42.6 Å². The zero-order chi connectivity index (χ0) is 17.4. The molecule has 2 bridgehead atoms. The van der Waals surface area contributed by atoms with Crippen molar-refractivity contribution in [2.75, 3.05) is 0 Å². The van der Waals surface area contributed by atoms with Crippen LogP contribution in [0.25, 0.3) is 0 Å². The van der Waals surface area contributed by atoms with E-state index in [1.165, 1.54) is 0 Å². The SMILES string of the molecule is CC(C)c1cc2c(c(O)c1O)[C@@]13CCCC(C)(C)C1C[C@@H]2OC3=O. The van der Waals surface area contributed by atoms with Crippen molar-refractivity contribution in [2.24, 2.45) is 11.3 Å². The number of phenolic OH excluding ortho intramolecular Hbond substituents is 2. The van der Waals surface area contributed by atoms with Gasteiger partial charge < -0.3 is 14.9 Å². The first kappa shape index (κ1) is 15.8. The summed E-state index contributed by atoms with van der Waals surface area (Å²) in [5, 5.41) is 21.4. The molecule has 130 valence electrons. The van der Waals surface area contributed by atoms with Gasteiger partial charge in [-0.15, -0.1) is 0 Å². The van der Waals surface area contributed by atoms with E-state index < -0.39 is 5.41 Å². The fourth-order valence-corrected chi connectivity index (χ4v) is 5.55. The molecule has 5 rings (SSSR count). The lowest BCUT2D eigenvalue weighted by Gasteiger charge is -2.58. The minimum absolute atomic E-state index is 0.0202. The number of benzene rings is 1. The van der Waals surface area contributed by atoms with Crippen molar-refractivity contribution in [3.05, 3.63) is 22.8 Å². The number of esters is 1. The predicted octanol–water partition coefficient (Wildman–Crippen LogP) is 4.29. The van der Waals surface area contributed by atoms with Crippen LogP contribution < -0.4 is 0 Å². The second-order valence-corrected chi connectivity index (χ2v) is 8.78. The lowest BCUT2D eigenvalue weighted by molar-refractivity contribution is -0.185. The van der Waals surface area contributed by atoms with E-state index in [9.17, 15) is 15.0 Å². The van der Waals surface area contributed by atoms with Crippen molar-refractivity contribution < 1.29 is 19.7 Å². The largest absolute Gasteiger partial charge is 0.504 e. The van der Waals surface area contributed by atoms with E-state index in [1.54, 1.807) is 0 Å². The van der Waals surface area contributed by atoms with Crippen LogP contribution in [0.15, 0.2) is 6.07 Å². The number of carbonyl (C=O) groups excluding carboxylic acids is 1. The molecular weight excluding hydrogens is 304 g/mol. The molecule has 1 aromatic rings. The molecule has 4 nitrogen and oxygen atoms in total. The molecule has 3 atom stereocenters. The second kappa shape index (κ2) is 4.68. The quantitative estimate of drug-likeness (QED) is 0.595. The highest BCUT2D eigenvalue weighted by molar-refractivity contribution is 5.89. The Kier molecular flexibility index (Phi) is 3.08. The van der Waals surface area contributed by atoms with Gasteiger partial charge in [-0.3, -0.25) is 4.79 Å². The Balaban J connectivity index is 2.02. The minimum atomic E-state index is -0.803. The molecule has 1 aromatic carbocycles.